The molecule has 0 radical (unpaired) electrons. The molecule has 8 nitrogen and oxygen atoms in total. The van der Waals surface area contributed by atoms with Crippen molar-refractivity contribution in [2.45, 2.75) is 24.9 Å². The molecule has 13 heteroatoms. The van der Waals surface area contributed by atoms with Crippen LogP contribution in [0, 0.1) is 13.8 Å². The third-order valence-corrected chi connectivity index (χ3v) is 5.68. The number of nitrogens with zero attached hydrogens (tertiary/aromatic N) is 3. The summed E-state index contributed by atoms with van der Waals surface area (Å²) in [7, 11) is -4.30. The van der Waals surface area contributed by atoms with Crippen LogP contribution in [0.1, 0.15) is 21.1 Å². The first-order valence-corrected chi connectivity index (χ1v) is 9.94. The summed E-state index contributed by atoms with van der Waals surface area (Å²) in [6.45, 7) is 1.84. The zero-order valence-corrected chi connectivity index (χ0v) is 16.1. The van der Waals surface area contributed by atoms with Crippen molar-refractivity contribution in [2.24, 2.45) is 0 Å². The molecule has 0 bridgehead atoms. The number of pyridine rings is 1. The minimum atomic E-state index is -4.55. The molecule has 1 amide bonds. The number of halogens is 3. The number of sulfonamides is 1. The Balaban J connectivity index is 1.79. The van der Waals surface area contributed by atoms with Gasteiger partial charge in [-0.15, -0.1) is 11.3 Å². The van der Waals surface area contributed by atoms with Gasteiger partial charge in [-0.05, 0) is 19.9 Å². The number of thiazole rings is 1. The second-order valence-electron chi connectivity index (χ2n) is 5.71. The fourth-order valence-electron chi connectivity index (χ4n) is 2.33. The highest BCUT2D eigenvalue weighted by molar-refractivity contribution is 7.90. The van der Waals surface area contributed by atoms with Crippen molar-refractivity contribution in [1.29, 1.82) is 0 Å². The minimum absolute atomic E-state index is 0.0704. The van der Waals surface area contributed by atoms with E-state index in [1.807, 2.05) is 11.6 Å². The van der Waals surface area contributed by atoms with Crippen LogP contribution in [0.3, 0.4) is 0 Å². The smallest absolute Gasteiger partial charge is 0.422 e. The fourth-order valence-corrected chi connectivity index (χ4v) is 4.10. The summed E-state index contributed by atoms with van der Waals surface area (Å²) in [6, 6.07) is 1.96. The van der Waals surface area contributed by atoms with Crippen LogP contribution >= 0.6 is 11.3 Å². The molecule has 0 saturated heterocycles. The van der Waals surface area contributed by atoms with Crippen LogP contribution in [0.2, 0.25) is 0 Å². The molecule has 0 unspecified atom stereocenters. The monoisotopic (exact) mass is 434 g/mol. The highest BCUT2D eigenvalue weighted by atomic mass is 32.2. The summed E-state index contributed by atoms with van der Waals surface area (Å²) in [5.74, 6) is -1.29. The number of carbonyl (C=O) groups excluding carboxylic acids is 1. The number of amides is 1. The number of aryl methyl sites for hydroxylation is 2. The van der Waals surface area contributed by atoms with E-state index in [4.69, 9.17) is 0 Å². The van der Waals surface area contributed by atoms with Gasteiger partial charge in [-0.2, -0.15) is 13.2 Å². The summed E-state index contributed by atoms with van der Waals surface area (Å²) in [5.41, 5.74) is 0.425. The van der Waals surface area contributed by atoms with E-state index in [1.165, 1.54) is 15.7 Å². The summed E-state index contributed by atoms with van der Waals surface area (Å²) in [6.07, 6.45) is -2.08. The maximum absolute atomic E-state index is 12.5. The van der Waals surface area contributed by atoms with Crippen molar-refractivity contribution < 1.29 is 31.1 Å². The van der Waals surface area contributed by atoms with Gasteiger partial charge in [0.2, 0.25) is 5.88 Å². The van der Waals surface area contributed by atoms with E-state index in [2.05, 4.69) is 14.7 Å². The number of nitrogens with one attached hydrogen (secondary N) is 1. The first-order chi connectivity index (χ1) is 13.0. The van der Waals surface area contributed by atoms with Crippen LogP contribution in [0.5, 0.6) is 5.88 Å². The molecule has 0 aliphatic rings. The van der Waals surface area contributed by atoms with Gasteiger partial charge in [0.25, 0.3) is 15.9 Å². The quantitative estimate of drug-likeness (QED) is 0.662. The van der Waals surface area contributed by atoms with Gasteiger partial charge in [0.1, 0.15) is 10.6 Å². The van der Waals surface area contributed by atoms with Gasteiger partial charge < -0.3 is 4.74 Å². The lowest BCUT2D eigenvalue weighted by Crippen LogP contribution is -2.32. The van der Waals surface area contributed by atoms with Gasteiger partial charge >= 0.3 is 6.18 Å². The van der Waals surface area contributed by atoms with Crippen molar-refractivity contribution in [1.82, 2.24) is 19.1 Å². The zero-order valence-electron chi connectivity index (χ0n) is 14.4. The molecule has 0 aliphatic carbocycles. The summed E-state index contributed by atoms with van der Waals surface area (Å²) in [4.78, 5) is 21.3. The zero-order chi connectivity index (χ0) is 20.7. The molecule has 28 heavy (non-hydrogen) atoms. The molecule has 0 aromatic carbocycles. The van der Waals surface area contributed by atoms with Crippen LogP contribution in [0.4, 0.5) is 13.2 Å². The maximum atomic E-state index is 12.5. The Labute approximate surface area is 161 Å². The molecule has 0 fully saturated rings. The van der Waals surface area contributed by atoms with Crippen LogP contribution < -0.4 is 9.46 Å². The second-order valence-corrected chi connectivity index (χ2v) is 8.61. The Morgan fingerprint density at radius 3 is 2.64 bits per heavy atom. The highest BCUT2D eigenvalue weighted by Crippen LogP contribution is 2.22. The van der Waals surface area contributed by atoms with Gasteiger partial charge in [-0.1, -0.05) is 0 Å². The fraction of sp³-hybridized carbons (Fsp3) is 0.267. The first-order valence-electron chi connectivity index (χ1n) is 7.64. The molecular formula is C15H13F3N4O4S2. The average Bonchev–Trinajstić information content (AvgIpc) is 3.06. The predicted octanol–water partition coefficient (Wildman–Crippen LogP) is 2.47. The van der Waals surface area contributed by atoms with E-state index in [0.717, 1.165) is 23.2 Å². The SMILES string of the molecule is Cc1cn2c(C(=O)NS(=O)(=O)c3ccc(OCC(F)(F)F)nc3)c(C)nc2s1. The molecule has 3 aromatic heterocycles. The van der Waals surface area contributed by atoms with E-state index in [-0.39, 0.29) is 5.69 Å². The summed E-state index contributed by atoms with van der Waals surface area (Å²) >= 11 is 1.35. The average molecular weight is 434 g/mol. The third-order valence-electron chi connectivity index (χ3n) is 3.46. The van der Waals surface area contributed by atoms with Crippen molar-refractivity contribution in [3.8, 4) is 5.88 Å². The number of aromatic nitrogens is 3. The van der Waals surface area contributed by atoms with Crippen molar-refractivity contribution in [3.63, 3.8) is 0 Å². The number of carbonyl (C=O) groups is 1. The van der Waals surface area contributed by atoms with E-state index in [0.29, 0.717) is 10.7 Å². The summed E-state index contributed by atoms with van der Waals surface area (Å²) < 4.78 is 69.0. The number of rotatable bonds is 5. The Kier molecular flexibility index (Phi) is 5.06. The number of hydrogen-bond donors (Lipinski definition) is 1. The molecule has 0 spiro atoms. The standard InChI is InChI=1S/C15H13F3N4O4S2/c1-8-6-22-12(9(2)20-14(22)27-8)13(23)21-28(24,25)10-3-4-11(19-5-10)26-7-15(16,17)18/h3-6H,7H2,1-2H3,(H,21,23). The van der Waals surface area contributed by atoms with Crippen LogP contribution in [0.15, 0.2) is 29.4 Å². The first kappa shape index (κ1) is 20.1. The molecule has 0 aliphatic heterocycles. The topological polar surface area (TPSA) is 103 Å². The predicted molar refractivity (Wildman–Crippen MR) is 93.0 cm³/mol. The Morgan fingerprint density at radius 1 is 1.32 bits per heavy atom. The van der Waals surface area contributed by atoms with Crippen LogP contribution in [-0.2, 0) is 10.0 Å². The number of ether oxygens (including phenoxy) is 1. The molecular weight excluding hydrogens is 421 g/mol. The van der Waals surface area contributed by atoms with E-state index in [1.54, 1.807) is 13.1 Å². The third kappa shape index (κ3) is 4.25. The van der Waals surface area contributed by atoms with Gasteiger partial charge in [-0.25, -0.2) is 23.1 Å². The van der Waals surface area contributed by atoms with E-state index in [9.17, 15) is 26.4 Å². The van der Waals surface area contributed by atoms with Crippen molar-refractivity contribution in [3.05, 3.63) is 40.8 Å². The number of fused-ring (bicyclic) bond motifs is 1. The largest absolute Gasteiger partial charge is 0.468 e. The molecule has 3 heterocycles. The molecule has 0 atom stereocenters. The Morgan fingerprint density at radius 2 is 2.04 bits per heavy atom. The number of imidazole rings is 1. The van der Waals surface area contributed by atoms with Crippen molar-refractivity contribution in [2.75, 3.05) is 6.61 Å². The van der Waals surface area contributed by atoms with Gasteiger partial charge in [0.15, 0.2) is 11.6 Å². The van der Waals surface area contributed by atoms with Crippen LogP contribution in [0.25, 0.3) is 4.96 Å². The van der Waals surface area contributed by atoms with Gasteiger partial charge in [0.05, 0.1) is 11.9 Å². The highest BCUT2D eigenvalue weighted by Gasteiger charge is 2.29. The maximum Gasteiger partial charge on any atom is 0.422 e. The number of alkyl halides is 3. The Hall–Kier alpha value is -2.67. The van der Waals surface area contributed by atoms with Gasteiger partial charge in [-0.3, -0.25) is 9.20 Å². The number of hydrogen-bond acceptors (Lipinski definition) is 7. The molecule has 1 N–H and O–H groups in total. The van der Waals surface area contributed by atoms with E-state index < -0.39 is 39.5 Å². The lowest BCUT2D eigenvalue weighted by molar-refractivity contribution is -0.154. The lowest BCUT2D eigenvalue weighted by Gasteiger charge is -2.09. The second kappa shape index (κ2) is 7.05. The molecule has 150 valence electrons. The Bertz CT molecular complexity index is 1130. The van der Waals surface area contributed by atoms with E-state index >= 15 is 0 Å². The normalized spacial score (nSPS) is 12.3. The lowest BCUT2D eigenvalue weighted by atomic mass is 10.3. The molecule has 0 saturated carbocycles. The molecule has 3 aromatic rings. The van der Waals surface area contributed by atoms with Crippen molar-refractivity contribution >= 4 is 32.2 Å². The summed E-state index contributed by atoms with van der Waals surface area (Å²) in [5, 5.41) is 0. The van der Waals surface area contributed by atoms with Crippen LogP contribution in [-0.4, -0.2) is 41.5 Å². The van der Waals surface area contributed by atoms with Gasteiger partial charge in [0, 0.05) is 17.1 Å². The minimum Gasteiger partial charge on any atom is -0.468 e. The molecule has 3 rings (SSSR count).